The lowest BCUT2D eigenvalue weighted by molar-refractivity contribution is 0.0953. The minimum Gasteiger partial charge on any atom is -0.497 e. The molecule has 4 aromatic rings. The van der Waals surface area contributed by atoms with Crippen molar-refractivity contribution in [3.8, 4) is 22.7 Å². The predicted molar refractivity (Wildman–Crippen MR) is 128 cm³/mol. The number of nitrogens with zero attached hydrogens (tertiary/aromatic N) is 3. The maximum Gasteiger partial charge on any atom is 0.255 e. The van der Waals surface area contributed by atoms with Crippen LogP contribution in [0.2, 0.25) is 0 Å². The summed E-state index contributed by atoms with van der Waals surface area (Å²) in [4.78, 5) is 17.5. The third-order valence-electron chi connectivity index (χ3n) is 5.11. The summed E-state index contributed by atoms with van der Waals surface area (Å²) in [6, 6.07) is 17.4. The summed E-state index contributed by atoms with van der Waals surface area (Å²) < 4.78 is 7.01. The van der Waals surface area contributed by atoms with Crippen LogP contribution in [0.4, 0.5) is 0 Å². The molecule has 0 spiro atoms. The van der Waals surface area contributed by atoms with Crippen LogP contribution in [0.5, 0.6) is 5.75 Å². The second-order valence-corrected chi connectivity index (χ2v) is 8.44. The number of nitrogens with one attached hydrogen (secondary N) is 1. The van der Waals surface area contributed by atoms with E-state index in [1.54, 1.807) is 29.3 Å². The number of rotatable bonds is 9. The van der Waals surface area contributed by atoms with Gasteiger partial charge in [-0.15, -0.1) is 11.3 Å². The van der Waals surface area contributed by atoms with Gasteiger partial charge in [-0.3, -0.25) is 4.79 Å². The highest BCUT2D eigenvalue weighted by atomic mass is 32.1. The van der Waals surface area contributed by atoms with Gasteiger partial charge in [0.25, 0.3) is 5.91 Å². The van der Waals surface area contributed by atoms with E-state index in [-0.39, 0.29) is 5.91 Å². The predicted octanol–water partition coefficient (Wildman–Crippen LogP) is 5.07. The van der Waals surface area contributed by atoms with Gasteiger partial charge in [-0.1, -0.05) is 18.2 Å². The van der Waals surface area contributed by atoms with Crippen molar-refractivity contribution in [2.24, 2.45) is 0 Å². The molecule has 0 saturated heterocycles. The molecule has 4 rings (SSSR count). The fourth-order valence-corrected chi connectivity index (χ4v) is 4.25. The fraction of sp³-hybridized carbons (Fsp3) is 0.240. The Morgan fingerprint density at radius 3 is 2.56 bits per heavy atom. The van der Waals surface area contributed by atoms with Crippen LogP contribution in [0.15, 0.2) is 66.2 Å². The van der Waals surface area contributed by atoms with E-state index >= 15 is 0 Å². The Labute approximate surface area is 191 Å². The van der Waals surface area contributed by atoms with Gasteiger partial charge in [-0.25, -0.2) is 9.67 Å². The van der Waals surface area contributed by atoms with Gasteiger partial charge >= 0.3 is 0 Å². The molecule has 0 atom stereocenters. The number of thiazole rings is 1. The molecular weight excluding hydrogens is 420 g/mol. The van der Waals surface area contributed by atoms with Gasteiger partial charge in [0.05, 0.1) is 23.4 Å². The molecular formula is C25H26N4O2S. The average molecular weight is 447 g/mol. The number of benzene rings is 2. The zero-order valence-electron chi connectivity index (χ0n) is 18.2. The number of unbranched alkanes of at least 4 members (excludes halogenated alkanes) is 1. The zero-order chi connectivity index (χ0) is 22.3. The summed E-state index contributed by atoms with van der Waals surface area (Å²) in [5, 5.41) is 11.0. The summed E-state index contributed by atoms with van der Waals surface area (Å²) in [5.41, 5.74) is 4.03. The van der Waals surface area contributed by atoms with E-state index in [9.17, 15) is 4.79 Å². The van der Waals surface area contributed by atoms with Gasteiger partial charge < -0.3 is 10.1 Å². The van der Waals surface area contributed by atoms with Crippen molar-refractivity contribution in [1.82, 2.24) is 20.1 Å². The normalized spacial score (nSPS) is 10.8. The summed E-state index contributed by atoms with van der Waals surface area (Å²) in [6.45, 7) is 2.62. The highest BCUT2D eigenvalue weighted by Crippen LogP contribution is 2.26. The van der Waals surface area contributed by atoms with Crippen LogP contribution in [0.1, 0.15) is 33.9 Å². The van der Waals surface area contributed by atoms with Crippen molar-refractivity contribution in [1.29, 1.82) is 0 Å². The Bertz CT molecular complexity index is 1170. The first kappa shape index (κ1) is 21.8. The van der Waals surface area contributed by atoms with Crippen LogP contribution in [0.3, 0.4) is 0 Å². The first-order valence-corrected chi connectivity index (χ1v) is 11.5. The molecule has 0 saturated carbocycles. The molecule has 1 amide bonds. The van der Waals surface area contributed by atoms with Crippen molar-refractivity contribution < 1.29 is 9.53 Å². The topological polar surface area (TPSA) is 69.0 Å². The monoisotopic (exact) mass is 446 g/mol. The summed E-state index contributed by atoms with van der Waals surface area (Å²) in [6.07, 6.45) is 4.62. The Balaban J connectivity index is 1.47. The van der Waals surface area contributed by atoms with Crippen molar-refractivity contribution in [3.05, 3.63) is 82.4 Å². The molecule has 2 heterocycles. The van der Waals surface area contributed by atoms with Crippen molar-refractivity contribution in [2.75, 3.05) is 13.7 Å². The largest absolute Gasteiger partial charge is 0.497 e. The number of para-hydroxylation sites is 1. The van der Waals surface area contributed by atoms with Gasteiger partial charge in [0, 0.05) is 29.4 Å². The highest BCUT2D eigenvalue weighted by molar-refractivity contribution is 7.09. The van der Waals surface area contributed by atoms with E-state index in [4.69, 9.17) is 9.84 Å². The first-order chi connectivity index (χ1) is 15.6. The molecule has 0 aliphatic heterocycles. The number of hydrogen-bond donors (Lipinski definition) is 1. The Morgan fingerprint density at radius 2 is 1.88 bits per heavy atom. The lowest BCUT2D eigenvalue weighted by atomic mass is 10.1. The maximum absolute atomic E-state index is 13.0. The molecule has 2 aromatic carbocycles. The second-order valence-electron chi connectivity index (χ2n) is 7.50. The van der Waals surface area contributed by atoms with Gasteiger partial charge in [-0.05, 0) is 62.6 Å². The molecule has 0 bridgehead atoms. The standard InChI is InChI=1S/C25H26N4O2S/c1-18-17-32-23(27-18)10-6-7-15-26-25(30)22-16-29(20-8-4-3-5-9-20)28-24(22)19-11-13-21(31-2)14-12-19/h3-5,8-9,11-14,16-17H,6-7,10,15H2,1-2H3,(H,26,30). The van der Waals surface area contributed by atoms with Crippen molar-refractivity contribution in [2.45, 2.75) is 26.2 Å². The molecule has 0 unspecified atom stereocenters. The van der Waals surface area contributed by atoms with Gasteiger partial charge in [0.2, 0.25) is 0 Å². The van der Waals surface area contributed by atoms with Crippen LogP contribution in [0.25, 0.3) is 16.9 Å². The van der Waals surface area contributed by atoms with E-state index < -0.39 is 0 Å². The molecule has 0 radical (unpaired) electrons. The third-order valence-corrected chi connectivity index (χ3v) is 6.14. The van der Waals surface area contributed by atoms with Crippen LogP contribution >= 0.6 is 11.3 Å². The Morgan fingerprint density at radius 1 is 1.09 bits per heavy atom. The number of carbonyl (C=O) groups is 1. The molecule has 32 heavy (non-hydrogen) atoms. The lowest BCUT2D eigenvalue weighted by Crippen LogP contribution is -2.24. The molecule has 164 valence electrons. The van der Waals surface area contributed by atoms with Gasteiger partial charge in [0.15, 0.2) is 0 Å². The first-order valence-electron chi connectivity index (χ1n) is 10.6. The average Bonchev–Trinajstić information content (AvgIpc) is 3.46. The maximum atomic E-state index is 13.0. The lowest BCUT2D eigenvalue weighted by Gasteiger charge is -2.06. The molecule has 2 aromatic heterocycles. The van der Waals surface area contributed by atoms with E-state index in [1.807, 2.05) is 61.5 Å². The Hall–Kier alpha value is -3.45. The van der Waals surface area contributed by atoms with Crippen LogP contribution in [-0.4, -0.2) is 34.3 Å². The molecule has 0 aliphatic rings. The van der Waals surface area contributed by atoms with Crippen LogP contribution in [-0.2, 0) is 6.42 Å². The minimum absolute atomic E-state index is 0.122. The number of carbonyl (C=O) groups excluding carboxylic acids is 1. The molecule has 7 heteroatoms. The van der Waals surface area contributed by atoms with Crippen molar-refractivity contribution >= 4 is 17.2 Å². The Kier molecular flexibility index (Phi) is 6.97. The van der Waals surface area contributed by atoms with E-state index in [0.29, 0.717) is 17.8 Å². The number of ether oxygens (including phenoxy) is 1. The number of aryl methyl sites for hydroxylation is 2. The summed E-state index contributed by atoms with van der Waals surface area (Å²) >= 11 is 1.70. The van der Waals surface area contributed by atoms with E-state index in [2.05, 4.69) is 15.7 Å². The highest BCUT2D eigenvalue weighted by Gasteiger charge is 2.18. The SMILES string of the molecule is COc1ccc(-c2nn(-c3ccccc3)cc2C(=O)NCCCCc2nc(C)cs2)cc1. The number of hydrogen-bond acceptors (Lipinski definition) is 5. The van der Waals surface area contributed by atoms with E-state index in [1.165, 1.54) is 0 Å². The summed E-state index contributed by atoms with van der Waals surface area (Å²) in [5.74, 6) is 0.640. The fourth-order valence-electron chi connectivity index (χ4n) is 3.43. The van der Waals surface area contributed by atoms with Crippen LogP contribution < -0.4 is 10.1 Å². The third kappa shape index (κ3) is 5.23. The molecule has 6 nitrogen and oxygen atoms in total. The van der Waals surface area contributed by atoms with Gasteiger partial charge in [-0.2, -0.15) is 5.10 Å². The molecule has 0 fully saturated rings. The smallest absolute Gasteiger partial charge is 0.255 e. The van der Waals surface area contributed by atoms with E-state index in [0.717, 1.165) is 47.0 Å². The number of methoxy groups -OCH3 is 1. The van der Waals surface area contributed by atoms with Crippen molar-refractivity contribution in [3.63, 3.8) is 0 Å². The second kappa shape index (κ2) is 10.2. The molecule has 1 N–H and O–H groups in total. The number of amides is 1. The summed E-state index contributed by atoms with van der Waals surface area (Å²) in [7, 11) is 1.63. The minimum atomic E-state index is -0.122. The van der Waals surface area contributed by atoms with Crippen LogP contribution in [0, 0.1) is 6.92 Å². The molecule has 0 aliphatic carbocycles. The number of aromatic nitrogens is 3. The zero-order valence-corrected chi connectivity index (χ0v) is 19.1. The quantitative estimate of drug-likeness (QED) is 0.365. The van der Waals surface area contributed by atoms with Gasteiger partial charge in [0.1, 0.15) is 11.4 Å².